The highest BCUT2D eigenvalue weighted by atomic mass is 35.5. The van der Waals surface area contributed by atoms with Crippen molar-refractivity contribution >= 4 is 57.5 Å². The van der Waals surface area contributed by atoms with Crippen LogP contribution in [0.2, 0.25) is 5.02 Å². The van der Waals surface area contributed by atoms with Gasteiger partial charge in [-0.05, 0) is 62.9 Å². The van der Waals surface area contributed by atoms with Gasteiger partial charge in [0.2, 0.25) is 11.8 Å². The Morgan fingerprint density at radius 1 is 0.850 bits per heavy atom. The summed E-state index contributed by atoms with van der Waals surface area (Å²) in [7, 11) is 0. The number of aromatic nitrogens is 4. The molecule has 1 N–H and O–H groups in total. The second-order valence-corrected chi connectivity index (χ2v) is 17.2. The van der Waals surface area contributed by atoms with E-state index in [0.717, 1.165) is 119 Å². The fourth-order valence-electron chi connectivity index (χ4n) is 9.80. The second-order valence-electron chi connectivity index (χ2n) is 16.9. The summed E-state index contributed by atoms with van der Waals surface area (Å²) >= 11 is 6.95. The van der Waals surface area contributed by atoms with Gasteiger partial charge in [-0.1, -0.05) is 24.4 Å². The maximum atomic E-state index is 13.6. The normalized spacial score (nSPS) is 20.7. The van der Waals surface area contributed by atoms with Crippen LogP contribution in [-0.4, -0.2) is 129 Å². The molecule has 60 heavy (non-hydrogen) atoms. The lowest BCUT2D eigenvalue weighted by Crippen LogP contribution is -2.52. The summed E-state index contributed by atoms with van der Waals surface area (Å²) < 4.78 is 1.76. The van der Waals surface area contributed by atoms with Gasteiger partial charge in [0.25, 0.3) is 11.5 Å². The molecule has 5 aliphatic rings. The Kier molecular flexibility index (Phi) is 11.2. The number of nitrogens with zero attached hydrogens (tertiary/aromatic N) is 9. The zero-order valence-corrected chi connectivity index (χ0v) is 35.0. The van der Waals surface area contributed by atoms with E-state index in [1.807, 2.05) is 31.3 Å². The van der Waals surface area contributed by atoms with Gasteiger partial charge in [0.05, 0.1) is 34.6 Å². The van der Waals surface area contributed by atoms with Crippen LogP contribution in [0, 0.1) is 6.92 Å². The lowest BCUT2D eigenvalue weighted by Gasteiger charge is -2.39. The van der Waals surface area contributed by atoms with Gasteiger partial charge in [-0.15, -0.1) is 0 Å². The highest BCUT2D eigenvalue weighted by Gasteiger charge is 2.40. The van der Waals surface area contributed by atoms with Crippen molar-refractivity contribution in [1.82, 2.24) is 39.5 Å². The van der Waals surface area contributed by atoms with Crippen molar-refractivity contribution in [3.8, 4) is 0 Å². The van der Waals surface area contributed by atoms with Crippen molar-refractivity contribution in [2.45, 2.75) is 77.4 Å². The molecule has 0 bridgehead atoms. The lowest BCUT2D eigenvalue weighted by atomic mass is 10.0. The van der Waals surface area contributed by atoms with Crippen LogP contribution < -0.4 is 20.7 Å². The standard InChI is InChI=1S/C44H51ClN10O5/c1-27-33-25-47-37(48-41(33)55(30-5-3-4-6-30)44(60)39(27)28(2)56)23-29-7-8-31(24-46-29)52-19-15-50(16-20-52)13-14-51-17-21-53(22-18-51)35-10-9-32-34(40(35)45)26-54(43(32)59)36-11-12-38(57)49-42(36)58/h7-10,24-25,30,36H,3-6,11-23,26H2,1-2H3,(H,49,57,58). The summed E-state index contributed by atoms with van der Waals surface area (Å²) in [5.74, 6) is -0.566. The number of amides is 3. The molecule has 3 saturated heterocycles. The van der Waals surface area contributed by atoms with Gasteiger partial charge in [0, 0.05) is 113 Å². The highest BCUT2D eigenvalue weighted by molar-refractivity contribution is 6.35. The molecule has 7 heterocycles. The summed E-state index contributed by atoms with van der Waals surface area (Å²) in [6.45, 7) is 12.8. The first-order chi connectivity index (χ1) is 29.0. The fourth-order valence-corrected chi connectivity index (χ4v) is 10.1. The van der Waals surface area contributed by atoms with Crippen LogP contribution in [0.3, 0.4) is 0 Å². The summed E-state index contributed by atoms with van der Waals surface area (Å²) in [4.78, 5) is 89.1. The Balaban J connectivity index is 0.753. The summed E-state index contributed by atoms with van der Waals surface area (Å²) in [5, 5.41) is 3.68. The number of hydrogen-bond donors (Lipinski definition) is 1. The topological polar surface area (TPSA) is 157 Å². The van der Waals surface area contributed by atoms with Crippen LogP contribution in [0.5, 0.6) is 0 Å². The highest BCUT2D eigenvalue weighted by Crippen LogP contribution is 2.38. The lowest BCUT2D eigenvalue weighted by molar-refractivity contribution is -0.136. The van der Waals surface area contributed by atoms with Gasteiger partial charge in [-0.2, -0.15) is 0 Å². The molecule has 3 amide bonds. The number of halogens is 1. The number of imide groups is 1. The van der Waals surface area contributed by atoms with Crippen LogP contribution in [0.25, 0.3) is 11.0 Å². The number of rotatable bonds is 10. The van der Waals surface area contributed by atoms with Gasteiger partial charge >= 0.3 is 0 Å². The van der Waals surface area contributed by atoms with Gasteiger partial charge in [-0.25, -0.2) is 9.97 Å². The molecule has 4 aromatic rings. The van der Waals surface area contributed by atoms with Gasteiger partial charge in [0.1, 0.15) is 17.5 Å². The number of pyridine rings is 2. The molecule has 0 spiro atoms. The predicted molar refractivity (Wildman–Crippen MR) is 228 cm³/mol. The number of hydrogen-bond acceptors (Lipinski definition) is 12. The quantitative estimate of drug-likeness (QED) is 0.183. The first-order valence-corrected chi connectivity index (χ1v) is 21.7. The Hall–Kier alpha value is -5.25. The van der Waals surface area contributed by atoms with Crippen molar-refractivity contribution < 1.29 is 19.2 Å². The molecule has 1 unspecified atom stereocenters. The van der Waals surface area contributed by atoms with E-state index >= 15 is 0 Å². The third-order valence-corrected chi connectivity index (χ3v) is 13.7. The van der Waals surface area contributed by atoms with E-state index in [-0.39, 0.29) is 47.7 Å². The van der Waals surface area contributed by atoms with Gasteiger partial charge in [0.15, 0.2) is 5.78 Å². The van der Waals surface area contributed by atoms with Gasteiger partial charge < -0.3 is 14.7 Å². The van der Waals surface area contributed by atoms with Crippen molar-refractivity contribution in [1.29, 1.82) is 0 Å². The Morgan fingerprint density at radius 2 is 1.55 bits per heavy atom. The number of anilines is 2. The minimum Gasteiger partial charge on any atom is -0.368 e. The average Bonchev–Trinajstić information content (AvgIpc) is 3.89. The number of carbonyl (C=O) groups excluding carboxylic acids is 4. The zero-order chi connectivity index (χ0) is 41.7. The number of aryl methyl sites for hydroxylation is 1. The van der Waals surface area contributed by atoms with Crippen LogP contribution in [0.1, 0.15) is 94.9 Å². The molecule has 4 aliphatic heterocycles. The van der Waals surface area contributed by atoms with Crippen molar-refractivity contribution in [3.63, 3.8) is 0 Å². The van der Waals surface area contributed by atoms with Crippen LogP contribution in [0.15, 0.2) is 41.5 Å². The number of fused-ring (bicyclic) bond motifs is 2. The molecule has 1 atom stereocenters. The Morgan fingerprint density at radius 3 is 2.20 bits per heavy atom. The zero-order valence-electron chi connectivity index (χ0n) is 34.3. The monoisotopic (exact) mass is 834 g/mol. The number of piperazine rings is 2. The molecule has 1 aliphatic carbocycles. The van der Waals surface area contributed by atoms with Crippen LogP contribution >= 0.6 is 11.6 Å². The maximum Gasteiger partial charge on any atom is 0.263 e. The average molecular weight is 835 g/mol. The van der Waals surface area contributed by atoms with E-state index in [4.69, 9.17) is 21.6 Å². The molecule has 314 valence electrons. The molecule has 0 radical (unpaired) electrons. The van der Waals surface area contributed by atoms with E-state index in [1.165, 1.54) is 6.92 Å². The minimum atomic E-state index is -0.664. The SMILES string of the molecule is CC(=O)c1c(C)c2cnc(Cc3ccc(N4CCN(CCN5CCN(c6ccc7c(c6Cl)CN(C6CCC(=O)NC6=O)C7=O)CC5)CC4)cn3)nc2n(C2CCCC2)c1=O. The summed E-state index contributed by atoms with van der Waals surface area (Å²) in [6, 6.07) is 7.28. The van der Waals surface area contributed by atoms with E-state index < -0.39 is 11.9 Å². The molecule has 15 nitrogen and oxygen atoms in total. The molecule has 1 aromatic carbocycles. The van der Waals surface area contributed by atoms with Crippen LogP contribution in [-0.2, 0) is 22.6 Å². The maximum absolute atomic E-state index is 13.6. The summed E-state index contributed by atoms with van der Waals surface area (Å²) in [5.41, 5.74) is 5.40. The predicted octanol–water partition coefficient (Wildman–Crippen LogP) is 3.76. The van der Waals surface area contributed by atoms with E-state index in [9.17, 15) is 24.0 Å². The van der Waals surface area contributed by atoms with E-state index in [0.29, 0.717) is 40.5 Å². The van der Waals surface area contributed by atoms with Crippen LogP contribution in [0.4, 0.5) is 11.4 Å². The number of nitrogens with one attached hydrogen (secondary N) is 1. The fraction of sp³-hybridized carbons (Fsp3) is 0.500. The number of ketones is 1. The molecule has 16 heteroatoms. The molecule has 4 fully saturated rings. The first-order valence-electron chi connectivity index (χ1n) is 21.3. The number of Topliss-reactive ketones (excluding diaryl/α,β-unsaturated/α-hetero) is 1. The Bertz CT molecular complexity index is 2420. The largest absolute Gasteiger partial charge is 0.368 e. The van der Waals surface area contributed by atoms with E-state index in [1.54, 1.807) is 15.7 Å². The molecule has 1 saturated carbocycles. The molecular formula is C44H51ClN10O5. The van der Waals surface area contributed by atoms with Crippen molar-refractivity contribution in [2.24, 2.45) is 0 Å². The molecular weight excluding hydrogens is 784 g/mol. The van der Waals surface area contributed by atoms with E-state index in [2.05, 4.69) is 36.0 Å². The summed E-state index contributed by atoms with van der Waals surface area (Å²) in [6.07, 6.45) is 8.60. The number of benzene rings is 1. The molecule has 3 aromatic heterocycles. The third kappa shape index (κ3) is 7.67. The van der Waals surface area contributed by atoms with Gasteiger partial charge in [-0.3, -0.25) is 48.6 Å². The third-order valence-electron chi connectivity index (χ3n) is 13.3. The molecule has 9 rings (SSSR count). The van der Waals surface area contributed by atoms with Crippen molar-refractivity contribution in [2.75, 3.05) is 75.2 Å². The van der Waals surface area contributed by atoms with Crippen molar-refractivity contribution in [3.05, 3.63) is 85.8 Å². The second kappa shape index (κ2) is 16.7. The Labute approximate surface area is 353 Å². The number of carbonyl (C=O) groups is 4. The smallest absolute Gasteiger partial charge is 0.263 e. The first kappa shape index (κ1) is 40.2. The number of piperidine rings is 1. The minimum absolute atomic E-state index is 0.0395.